The lowest BCUT2D eigenvalue weighted by Gasteiger charge is -2.38. The second kappa shape index (κ2) is 7.03. The van der Waals surface area contributed by atoms with Gasteiger partial charge in [0.25, 0.3) is 0 Å². The number of amides is 1. The monoisotopic (exact) mass is 339 g/mol. The van der Waals surface area contributed by atoms with Gasteiger partial charge in [-0.05, 0) is 19.1 Å². The van der Waals surface area contributed by atoms with Gasteiger partial charge in [0, 0.05) is 18.5 Å². The van der Waals surface area contributed by atoms with E-state index in [-0.39, 0.29) is 24.4 Å². The van der Waals surface area contributed by atoms with Crippen molar-refractivity contribution in [1.29, 1.82) is 5.26 Å². The summed E-state index contributed by atoms with van der Waals surface area (Å²) in [4.78, 5) is 20.7. The fourth-order valence-electron chi connectivity index (χ4n) is 2.88. The molecule has 0 bridgehead atoms. The van der Waals surface area contributed by atoms with Crippen molar-refractivity contribution in [3.8, 4) is 6.07 Å². The summed E-state index contributed by atoms with van der Waals surface area (Å²) in [5.74, 6) is 1.37. The number of para-hydroxylation sites is 1. The number of aromatic nitrogens is 2. The van der Waals surface area contributed by atoms with Gasteiger partial charge in [-0.2, -0.15) is 10.2 Å². The first-order valence-corrected chi connectivity index (χ1v) is 8.35. The molecule has 0 N–H and O–H groups in total. The highest BCUT2D eigenvalue weighted by Crippen LogP contribution is 2.24. The van der Waals surface area contributed by atoms with Gasteiger partial charge in [0.2, 0.25) is 11.8 Å². The van der Waals surface area contributed by atoms with Crippen LogP contribution in [-0.2, 0) is 11.3 Å². The lowest BCUT2D eigenvalue weighted by atomic mass is 10.1. The molecule has 1 fully saturated rings. The third-order valence-electron chi connectivity index (χ3n) is 4.36. The number of hydrogen-bond acceptors (Lipinski definition) is 6. The third-order valence-corrected chi connectivity index (χ3v) is 4.36. The Labute approximate surface area is 146 Å². The molecule has 1 saturated heterocycles. The minimum atomic E-state index is -0.0376. The fourth-order valence-corrected chi connectivity index (χ4v) is 2.88. The van der Waals surface area contributed by atoms with Gasteiger partial charge >= 0.3 is 0 Å². The van der Waals surface area contributed by atoms with Crippen LogP contribution in [0.15, 0.2) is 28.8 Å². The van der Waals surface area contributed by atoms with Crippen LogP contribution in [-0.4, -0.2) is 40.1 Å². The van der Waals surface area contributed by atoms with E-state index >= 15 is 0 Å². The largest absolute Gasteiger partial charge is 0.338 e. The van der Waals surface area contributed by atoms with Crippen molar-refractivity contribution in [2.75, 3.05) is 18.0 Å². The van der Waals surface area contributed by atoms with Gasteiger partial charge < -0.3 is 9.42 Å². The summed E-state index contributed by atoms with van der Waals surface area (Å²) in [5, 5.41) is 13.2. The Morgan fingerprint density at radius 1 is 1.40 bits per heavy atom. The number of nitrogens with zero attached hydrogens (tertiary/aromatic N) is 5. The molecule has 25 heavy (non-hydrogen) atoms. The number of hydrogen-bond donors (Lipinski definition) is 0. The normalized spacial score (nSPS) is 18.6. The quantitative estimate of drug-likeness (QED) is 0.849. The minimum absolute atomic E-state index is 0.0376. The molecule has 2 heterocycles. The third kappa shape index (κ3) is 3.54. The summed E-state index contributed by atoms with van der Waals surface area (Å²) >= 11 is 0. The predicted molar refractivity (Wildman–Crippen MR) is 91.8 cm³/mol. The maximum Gasteiger partial charge on any atom is 0.241 e. The summed E-state index contributed by atoms with van der Waals surface area (Å²) in [7, 11) is 0. The molecule has 1 amide bonds. The Morgan fingerprint density at radius 3 is 2.84 bits per heavy atom. The van der Waals surface area contributed by atoms with Crippen molar-refractivity contribution in [1.82, 2.24) is 15.0 Å². The van der Waals surface area contributed by atoms with E-state index in [9.17, 15) is 10.1 Å². The van der Waals surface area contributed by atoms with Gasteiger partial charge in [-0.15, -0.1) is 0 Å². The molecule has 1 aromatic carbocycles. The van der Waals surface area contributed by atoms with Crippen molar-refractivity contribution in [2.45, 2.75) is 39.3 Å². The molecule has 7 heteroatoms. The predicted octanol–water partition coefficient (Wildman–Crippen LogP) is 2.30. The molecule has 1 aromatic heterocycles. The van der Waals surface area contributed by atoms with Crippen LogP contribution < -0.4 is 4.90 Å². The van der Waals surface area contributed by atoms with E-state index in [0.717, 1.165) is 0 Å². The number of benzene rings is 1. The molecule has 7 nitrogen and oxygen atoms in total. The van der Waals surface area contributed by atoms with E-state index < -0.39 is 0 Å². The van der Waals surface area contributed by atoms with E-state index in [1.807, 2.05) is 37.8 Å². The Morgan fingerprint density at radius 2 is 2.16 bits per heavy atom. The zero-order valence-electron chi connectivity index (χ0n) is 14.6. The SMILES string of the molecule is CC(C)c1noc(CN2CC(=O)N(c3ccccc3C#N)C[C@H]2C)n1. The maximum atomic E-state index is 12.6. The van der Waals surface area contributed by atoms with Gasteiger partial charge in [-0.3, -0.25) is 9.69 Å². The molecular formula is C18H21N5O2. The molecule has 1 atom stereocenters. The van der Waals surface area contributed by atoms with E-state index in [4.69, 9.17) is 4.52 Å². The van der Waals surface area contributed by atoms with E-state index in [0.29, 0.717) is 36.1 Å². The van der Waals surface area contributed by atoms with Crippen LogP contribution in [0.25, 0.3) is 0 Å². The Hall–Kier alpha value is -2.72. The lowest BCUT2D eigenvalue weighted by Crippen LogP contribution is -2.55. The van der Waals surface area contributed by atoms with Crippen LogP contribution in [0, 0.1) is 11.3 Å². The van der Waals surface area contributed by atoms with Gasteiger partial charge in [0.15, 0.2) is 5.82 Å². The van der Waals surface area contributed by atoms with Crippen molar-refractivity contribution in [3.05, 3.63) is 41.5 Å². The topological polar surface area (TPSA) is 86.3 Å². The van der Waals surface area contributed by atoms with E-state index in [1.54, 1.807) is 17.0 Å². The molecule has 0 aliphatic carbocycles. The summed E-state index contributed by atoms with van der Waals surface area (Å²) in [6.07, 6.45) is 0. The van der Waals surface area contributed by atoms with Crippen molar-refractivity contribution in [3.63, 3.8) is 0 Å². The Bertz CT molecular complexity index is 808. The minimum Gasteiger partial charge on any atom is -0.338 e. The van der Waals surface area contributed by atoms with Crippen molar-refractivity contribution < 1.29 is 9.32 Å². The number of piperazine rings is 1. The van der Waals surface area contributed by atoms with Crippen LogP contribution >= 0.6 is 0 Å². The first kappa shape index (κ1) is 17.1. The fraction of sp³-hybridized carbons (Fsp3) is 0.444. The molecule has 0 radical (unpaired) electrons. The zero-order chi connectivity index (χ0) is 18.0. The van der Waals surface area contributed by atoms with Crippen molar-refractivity contribution in [2.24, 2.45) is 0 Å². The molecule has 1 aliphatic heterocycles. The molecule has 0 spiro atoms. The molecule has 130 valence electrons. The Balaban J connectivity index is 1.73. The Kier molecular flexibility index (Phi) is 4.81. The van der Waals surface area contributed by atoms with E-state index in [2.05, 4.69) is 16.2 Å². The average molecular weight is 339 g/mol. The lowest BCUT2D eigenvalue weighted by molar-refractivity contribution is -0.122. The summed E-state index contributed by atoms with van der Waals surface area (Å²) in [6, 6.07) is 9.44. The molecule has 3 rings (SSSR count). The summed E-state index contributed by atoms with van der Waals surface area (Å²) in [5.41, 5.74) is 1.18. The number of carbonyl (C=O) groups is 1. The highest BCUT2D eigenvalue weighted by molar-refractivity contribution is 5.96. The number of anilines is 1. The first-order chi connectivity index (χ1) is 12.0. The van der Waals surface area contributed by atoms with Crippen LogP contribution in [0.2, 0.25) is 0 Å². The van der Waals surface area contributed by atoms with Gasteiger partial charge in [-0.1, -0.05) is 31.1 Å². The summed E-state index contributed by atoms with van der Waals surface area (Å²) in [6.45, 7) is 7.27. The van der Waals surface area contributed by atoms with Crippen LogP contribution in [0.5, 0.6) is 0 Å². The van der Waals surface area contributed by atoms with Gasteiger partial charge in [0.1, 0.15) is 6.07 Å². The number of carbonyl (C=O) groups excluding carboxylic acids is 1. The highest BCUT2D eigenvalue weighted by Gasteiger charge is 2.32. The second-order valence-corrected chi connectivity index (χ2v) is 6.59. The smallest absolute Gasteiger partial charge is 0.241 e. The molecule has 0 saturated carbocycles. The van der Waals surface area contributed by atoms with Gasteiger partial charge in [0.05, 0.1) is 24.3 Å². The second-order valence-electron chi connectivity index (χ2n) is 6.59. The summed E-state index contributed by atoms with van der Waals surface area (Å²) < 4.78 is 5.29. The standard InChI is InChI=1S/C18H21N5O2/c1-12(2)18-20-16(25-21-18)10-22-11-17(24)23(9-13(22)3)15-7-5-4-6-14(15)8-19/h4-7,12-13H,9-11H2,1-3H3/t13-/m1/s1. The first-order valence-electron chi connectivity index (χ1n) is 8.35. The highest BCUT2D eigenvalue weighted by atomic mass is 16.5. The van der Waals surface area contributed by atoms with Crippen molar-refractivity contribution >= 4 is 11.6 Å². The zero-order valence-corrected chi connectivity index (χ0v) is 14.6. The average Bonchev–Trinajstić information content (AvgIpc) is 3.07. The number of rotatable bonds is 4. The molecule has 1 aliphatic rings. The number of nitriles is 1. The van der Waals surface area contributed by atoms with Crippen LogP contribution in [0.4, 0.5) is 5.69 Å². The van der Waals surface area contributed by atoms with Gasteiger partial charge in [-0.25, -0.2) is 0 Å². The molecule has 2 aromatic rings. The molecule has 0 unspecified atom stereocenters. The van der Waals surface area contributed by atoms with E-state index in [1.165, 1.54) is 0 Å². The van der Waals surface area contributed by atoms with Crippen LogP contribution in [0.1, 0.15) is 44.0 Å². The maximum absolute atomic E-state index is 12.6. The molecular weight excluding hydrogens is 318 g/mol. The van der Waals surface area contributed by atoms with Crippen LogP contribution in [0.3, 0.4) is 0 Å².